The van der Waals surface area contributed by atoms with Crippen molar-refractivity contribution in [2.75, 3.05) is 13.1 Å². The van der Waals surface area contributed by atoms with Gasteiger partial charge in [0.15, 0.2) is 0 Å². The Labute approximate surface area is 102 Å². The Bertz CT molecular complexity index is 379. The largest absolute Gasteiger partial charge is 0.389 e. The Kier molecular flexibility index (Phi) is 3.76. The minimum absolute atomic E-state index is 0.473. The van der Waals surface area contributed by atoms with Gasteiger partial charge in [0.05, 0.1) is 11.3 Å². The van der Waals surface area contributed by atoms with E-state index in [9.17, 15) is 5.11 Å². The smallest absolute Gasteiger partial charge is 0.0746 e. The summed E-state index contributed by atoms with van der Waals surface area (Å²) in [5.74, 6) is 0. The monoisotopic (exact) mass is 235 g/mol. The summed E-state index contributed by atoms with van der Waals surface area (Å²) in [4.78, 5) is 6.56. The number of nitrogens with zero attached hydrogens (tertiary/aromatic N) is 2. The lowest BCUT2D eigenvalue weighted by Gasteiger charge is -2.37. The molecule has 17 heavy (non-hydrogen) atoms. The minimum Gasteiger partial charge on any atom is -0.389 e. The molecule has 0 saturated carbocycles. The van der Waals surface area contributed by atoms with Crippen molar-refractivity contribution in [3.8, 4) is 0 Å². The van der Waals surface area contributed by atoms with Crippen molar-refractivity contribution in [1.82, 2.24) is 9.88 Å². The summed E-state index contributed by atoms with van der Waals surface area (Å²) >= 11 is 0. The van der Waals surface area contributed by atoms with Crippen LogP contribution >= 0.6 is 0 Å². The molecule has 1 aromatic heterocycles. The van der Waals surface area contributed by atoms with E-state index in [0.29, 0.717) is 6.54 Å². The number of aliphatic hydroxyl groups is 1. The molecule has 0 aromatic carbocycles. The van der Waals surface area contributed by atoms with Gasteiger partial charge in [-0.2, -0.15) is 0 Å². The highest BCUT2D eigenvalue weighted by molar-refractivity contribution is 5.19. The van der Waals surface area contributed by atoms with Crippen LogP contribution in [0.3, 0.4) is 0 Å². The summed E-state index contributed by atoms with van der Waals surface area (Å²) < 4.78 is 0. The topological polar surface area (TPSA) is 62.4 Å². The van der Waals surface area contributed by atoms with Gasteiger partial charge in [0.25, 0.3) is 0 Å². The molecule has 1 aliphatic rings. The van der Waals surface area contributed by atoms with Crippen molar-refractivity contribution in [3.05, 3.63) is 29.6 Å². The maximum absolute atomic E-state index is 10.1. The molecule has 2 heterocycles. The van der Waals surface area contributed by atoms with Crippen LogP contribution in [0.4, 0.5) is 0 Å². The van der Waals surface area contributed by atoms with E-state index in [-0.39, 0.29) is 0 Å². The molecule has 1 aromatic rings. The van der Waals surface area contributed by atoms with Crippen LogP contribution in [0.25, 0.3) is 0 Å². The average Bonchev–Trinajstić information content (AvgIpc) is 2.28. The van der Waals surface area contributed by atoms with Crippen molar-refractivity contribution in [3.63, 3.8) is 0 Å². The van der Waals surface area contributed by atoms with Gasteiger partial charge in [-0.3, -0.25) is 9.88 Å². The third-order valence-electron chi connectivity index (χ3n) is 3.33. The Morgan fingerprint density at radius 3 is 3.12 bits per heavy atom. The van der Waals surface area contributed by atoms with Gasteiger partial charge < -0.3 is 10.8 Å². The van der Waals surface area contributed by atoms with E-state index in [1.165, 1.54) is 5.56 Å². The van der Waals surface area contributed by atoms with Gasteiger partial charge >= 0.3 is 0 Å². The average molecular weight is 235 g/mol. The SMILES string of the molecule is CC1(O)CCCN(Cc2cccnc2CN)C1. The van der Waals surface area contributed by atoms with Gasteiger partial charge in [-0.1, -0.05) is 6.07 Å². The normalized spacial score (nSPS) is 26.1. The number of likely N-dealkylation sites (tertiary alicyclic amines) is 1. The fourth-order valence-corrected chi connectivity index (χ4v) is 2.50. The van der Waals surface area contributed by atoms with Crippen LogP contribution in [-0.4, -0.2) is 33.7 Å². The van der Waals surface area contributed by atoms with Crippen molar-refractivity contribution in [1.29, 1.82) is 0 Å². The lowest BCUT2D eigenvalue weighted by atomic mass is 9.95. The fraction of sp³-hybridized carbons (Fsp3) is 0.615. The van der Waals surface area contributed by atoms with Crippen LogP contribution in [0, 0.1) is 0 Å². The number of hydrogen-bond donors (Lipinski definition) is 2. The molecule has 0 amide bonds. The molecule has 1 fully saturated rings. The van der Waals surface area contributed by atoms with Crippen LogP contribution in [0.2, 0.25) is 0 Å². The van der Waals surface area contributed by atoms with Gasteiger partial charge in [-0.25, -0.2) is 0 Å². The van der Waals surface area contributed by atoms with Gasteiger partial charge in [-0.15, -0.1) is 0 Å². The first-order chi connectivity index (χ1) is 8.11. The van der Waals surface area contributed by atoms with Crippen LogP contribution < -0.4 is 5.73 Å². The maximum atomic E-state index is 10.1. The Hall–Kier alpha value is -0.970. The van der Waals surface area contributed by atoms with Crippen LogP contribution in [-0.2, 0) is 13.1 Å². The van der Waals surface area contributed by atoms with Gasteiger partial charge in [0.2, 0.25) is 0 Å². The summed E-state index contributed by atoms with van der Waals surface area (Å²) in [6, 6.07) is 4.01. The molecule has 1 unspecified atom stereocenters. The van der Waals surface area contributed by atoms with Crippen molar-refractivity contribution in [2.45, 2.75) is 38.5 Å². The number of pyridine rings is 1. The van der Waals surface area contributed by atoms with Crippen molar-refractivity contribution in [2.24, 2.45) is 5.73 Å². The second-order valence-electron chi connectivity index (χ2n) is 5.12. The van der Waals surface area contributed by atoms with Crippen molar-refractivity contribution >= 4 is 0 Å². The highest BCUT2D eigenvalue weighted by Crippen LogP contribution is 2.22. The third-order valence-corrected chi connectivity index (χ3v) is 3.33. The van der Waals surface area contributed by atoms with E-state index < -0.39 is 5.60 Å². The van der Waals surface area contributed by atoms with E-state index in [1.54, 1.807) is 6.20 Å². The number of aromatic nitrogens is 1. The lowest BCUT2D eigenvalue weighted by Crippen LogP contribution is -2.45. The van der Waals surface area contributed by atoms with Crippen LogP contribution in [0.5, 0.6) is 0 Å². The molecule has 0 spiro atoms. The molecule has 2 rings (SSSR count). The third kappa shape index (κ3) is 3.25. The maximum Gasteiger partial charge on any atom is 0.0746 e. The van der Waals surface area contributed by atoms with E-state index in [0.717, 1.165) is 38.2 Å². The number of rotatable bonds is 3. The molecule has 1 saturated heterocycles. The summed E-state index contributed by atoms with van der Waals surface area (Å²) in [6.07, 6.45) is 3.71. The van der Waals surface area contributed by atoms with E-state index in [4.69, 9.17) is 5.73 Å². The first-order valence-electron chi connectivity index (χ1n) is 6.18. The van der Waals surface area contributed by atoms with E-state index in [2.05, 4.69) is 16.0 Å². The lowest BCUT2D eigenvalue weighted by molar-refractivity contribution is -0.0182. The molecule has 94 valence electrons. The van der Waals surface area contributed by atoms with Gasteiger partial charge in [-0.05, 0) is 37.9 Å². The first-order valence-corrected chi connectivity index (χ1v) is 6.18. The van der Waals surface area contributed by atoms with Gasteiger partial charge in [0.1, 0.15) is 0 Å². The molecule has 4 heteroatoms. The first kappa shape index (κ1) is 12.5. The fourth-order valence-electron chi connectivity index (χ4n) is 2.50. The van der Waals surface area contributed by atoms with Crippen LogP contribution in [0.1, 0.15) is 31.0 Å². The standard InChI is InChI=1S/C13H21N3O/c1-13(17)5-3-7-16(10-13)9-11-4-2-6-15-12(11)8-14/h2,4,6,17H,3,5,7-10,14H2,1H3. The number of β-amino-alcohol motifs (C(OH)–C–C–N with tert-alkyl or cyclic N) is 1. The summed E-state index contributed by atoms with van der Waals surface area (Å²) in [7, 11) is 0. The molecule has 0 bridgehead atoms. The predicted molar refractivity (Wildman–Crippen MR) is 67.3 cm³/mol. The second kappa shape index (κ2) is 5.12. The number of nitrogens with two attached hydrogens (primary N) is 1. The zero-order valence-electron chi connectivity index (χ0n) is 10.4. The molecule has 1 aliphatic heterocycles. The van der Waals surface area contributed by atoms with E-state index >= 15 is 0 Å². The number of piperidine rings is 1. The predicted octanol–water partition coefficient (Wildman–Crippen LogP) is 0.887. The summed E-state index contributed by atoms with van der Waals surface area (Å²) in [5, 5.41) is 10.1. The molecule has 3 N–H and O–H groups in total. The van der Waals surface area contributed by atoms with Crippen molar-refractivity contribution < 1.29 is 5.11 Å². The molecular formula is C13H21N3O. The summed E-state index contributed by atoms with van der Waals surface area (Å²) in [5.41, 5.74) is 7.26. The zero-order chi connectivity index (χ0) is 12.3. The molecule has 0 radical (unpaired) electrons. The molecular weight excluding hydrogens is 214 g/mol. The Morgan fingerprint density at radius 1 is 1.59 bits per heavy atom. The quantitative estimate of drug-likeness (QED) is 0.816. The summed E-state index contributed by atoms with van der Waals surface area (Å²) in [6.45, 7) is 4.98. The van der Waals surface area contributed by atoms with Gasteiger partial charge in [0, 0.05) is 25.8 Å². The molecule has 1 atom stereocenters. The Balaban J connectivity index is 2.05. The molecule has 0 aliphatic carbocycles. The second-order valence-corrected chi connectivity index (χ2v) is 5.12. The zero-order valence-corrected chi connectivity index (χ0v) is 10.4. The number of hydrogen-bond acceptors (Lipinski definition) is 4. The van der Waals surface area contributed by atoms with Crippen LogP contribution in [0.15, 0.2) is 18.3 Å². The minimum atomic E-state index is -0.552. The highest BCUT2D eigenvalue weighted by Gasteiger charge is 2.28. The Morgan fingerprint density at radius 2 is 2.41 bits per heavy atom. The highest BCUT2D eigenvalue weighted by atomic mass is 16.3. The van der Waals surface area contributed by atoms with E-state index in [1.807, 2.05) is 13.0 Å². The molecule has 4 nitrogen and oxygen atoms in total.